The van der Waals surface area contributed by atoms with Crippen LogP contribution in [0.5, 0.6) is 0 Å². The van der Waals surface area contributed by atoms with Crippen molar-refractivity contribution in [1.82, 2.24) is 9.03 Å². The SMILES string of the molecule is CCCCC(CN)NS(=O)(=O)N(C)CCC. The number of unbranched alkanes of at least 4 members (excludes halogenated alkanes) is 1. The standard InChI is InChI=1S/C10H25N3O2S/c1-4-6-7-10(9-11)12-16(14,15)13(3)8-5-2/h10,12H,4-9,11H2,1-3H3. The van der Waals surface area contributed by atoms with Gasteiger partial charge in [-0.2, -0.15) is 17.4 Å². The number of hydrogen-bond acceptors (Lipinski definition) is 3. The molecule has 16 heavy (non-hydrogen) atoms. The molecule has 0 saturated carbocycles. The summed E-state index contributed by atoms with van der Waals surface area (Å²) in [6.45, 7) is 4.90. The molecule has 0 heterocycles. The largest absolute Gasteiger partial charge is 0.329 e. The van der Waals surface area contributed by atoms with Crippen LogP contribution < -0.4 is 10.5 Å². The molecule has 0 aliphatic rings. The minimum absolute atomic E-state index is 0.149. The Kier molecular flexibility index (Phi) is 7.91. The minimum atomic E-state index is -3.36. The van der Waals surface area contributed by atoms with Crippen molar-refractivity contribution in [1.29, 1.82) is 0 Å². The van der Waals surface area contributed by atoms with Crippen LogP contribution in [0.25, 0.3) is 0 Å². The van der Waals surface area contributed by atoms with E-state index in [1.807, 2.05) is 6.92 Å². The summed E-state index contributed by atoms with van der Waals surface area (Å²) in [4.78, 5) is 0. The molecule has 98 valence electrons. The van der Waals surface area contributed by atoms with Crippen LogP contribution in [0.4, 0.5) is 0 Å². The van der Waals surface area contributed by atoms with E-state index in [2.05, 4.69) is 11.6 Å². The van der Waals surface area contributed by atoms with E-state index in [4.69, 9.17) is 5.73 Å². The zero-order chi connectivity index (χ0) is 12.6. The monoisotopic (exact) mass is 251 g/mol. The molecule has 0 rings (SSSR count). The van der Waals surface area contributed by atoms with E-state index in [0.29, 0.717) is 13.1 Å². The molecular weight excluding hydrogens is 226 g/mol. The topological polar surface area (TPSA) is 75.4 Å². The summed E-state index contributed by atoms with van der Waals surface area (Å²) in [6.07, 6.45) is 3.64. The Bertz CT molecular complexity index is 267. The average Bonchev–Trinajstić information content (AvgIpc) is 2.24. The van der Waals surface area contributed by atoms with Gasteiger partial charge in [-0.15, -0.1) is 0 Å². The zero-order valence-corrected chi connectivity index (χ0v) is 11.4. The van der Waals surface area contributed by atoms with Crippen molar-refractivity contribution < 1.29 is 8.42 Å². The summed E-state index contributed by atoms with van der Waals surface area (Å²) in [5.41, 5.74) is 5.55. The van der Waals surface area contributed by atoms with E-state index in [0.717, 1.165) is 25.7 Å². The maximum absolute atomic E-state index is 11.8. The lowest BCUT2D eigenvalue weighted by molar-refractivity contribution is 0.437. The Morgan fingerprint density at radius 2 is 1.94 bits per heavy atom. The number of hydrogen-bond donors (Lipinski definition) is 2. The van der Waals surface area contributed by atoms with Crippen molar-refractivity contribution in [3.05, 3.63) is 0 Å². The second-order valence-electron chi connectivity index (χ2n) is 4.02. The van der Waals surface area contributed by atoms with Gasteiger partial charge in [0.15, 0.2) is 0 Å². The third-order valence-corrected chi connectivity index (χ3v) is 4.09. The number of nitrogens with one attached hydrogen (secondary N) is 1. The highest BCUT2D eigenvalue weighted by Gasteiger charge is 2.20. The molecule has 6 heteroatoms. The molecule has 0 saturated heterocycles. The summed E-state index contributed by atoms with van der Waals surface area (Å²) in [5, 5.41) is 0. The lowest BCUT2D eigenvalue weighted by atomic mass is 10.1. The molecule has 0 fully saturated rings. The van der Waals surface area contributed by atoms with Gasteiger partial charge in [-0.25, -0.2) is 0 Å². The first-order chi connectivity index (χ1) is 7.47. The predicted octanol–water partition coefficient (Wildman–Crippen LogP) is 0.680. The Morgan fingerprint density at radius 3 is 2.38 bits per heavy atom. The van der Waals surface area contributed by atoms with Crippen molar-refractivity contribution in [2.75, 3.05) is 20.1 Å². The maximum Gasteiger partial charge on any atom is 0.279 e. The predicted molar refractivity (Wildman–Crippen MR) is 67.3 cm³/mol. The molecule has 1 unspecified atom stereocenters. The fourth-order valence-corrected chi connectivity index (χ4v) is 2.65. The highest BCUT2D eigenvalue weighted by atomic mass is 32.2. The molecule has 0 amide bonds. The van der Waals surface area contributed by atoms with Gasteiger partial charge in [0.05, 0.1) is 0 Å². The van der Waals surface area contributed by atoms with E-state index in [-0.39, 0.29) is 6.04 Å². The van der Waals surface area contributed by atoms with Crippen molar-refractivity contribution in [2.45, 2.75) is 45.6 Å². The summed E-state index contributed by atoms with van der Waals surface area (Å²) in [6, 6.07) is -0.149. The summed E-state index contributed by atoms with van der Waals surface area (Å²) in [7, 11) is -1.78. The fraction of sp³-hybridized carbons (Fsp3) is 1.00. The molecular formula is C10H25N3O2S. The summed E-state index contributed by atoms with van der Waals surface area (Å²) < 4.78 is 27.6. The summed E-state index contributed by atoms with van der Waals surface area (Å²) in [5.74, 6) is 0. The molecule has 1 atom stereocenters. The third kappa shape index (κ3) is 5.79. The Hall–Kier alpha value is -0.170. The Balaban J connectivity index is 4.30. The molecule has 0 aromatic rings. The fourth-order valence-electron chi connectivity index (χ4n) is 1.41. The van der Waals surface area contributed by atoms with Gasteiger partial charge in [-0.1, -0.05) is 26.7 Å². The first-order valence-corrected chi connectivity index (χ1v) is 7.35. The van der Waals surface area contributed by atoms with Gasteiger partial charge in [0.1, 0.15) is 0 Å². The van der Waals surface area contributed by atoms with Crippen LogP contribution in [0.15, 0.2) is 0 Å². The second kappa shape index (κ2) is 8.00. The Labute approximate surface area is 99.6 Å². The van der Waals surface area contributed by atoms with Crippen LogP contribution in [0.1, 0.15) is 39.5 Å². The first kappa shape index (κ1) is 15.8. The quantitative estimate of drug-likeness (QED) is 0.633. The van der Waals surface area contributed by atoms with Gasteiger partial charge in [0.2, 0.25) is 0 Å². The number of nitrogens with zero attached hydrogens (tertiary/aromatic N) is 1. The van der Waals surface area contributed by atoms with Crippen LogP contribution in [-0.2, 0) is 10.2 Å². The zero-order valence-electron chi connectivity index (χ0n) is 10.6. The minimum Gasteiger partial charge on any atom is -0.329 e. The first-order valence-electron chi connectivity index (χ1n) is 5.91. The van der Waals surface area contributed by atoms with E-state index in [1.54, 1.807) is 7.05 Å². The highest BCUT2D eigenvalue weighted by Crippen LogP contribution is 2.03. The number of nitrogens with two attached hydrogens (primary N) is 1. The highest BCUT2D eigenvalue weighted by molar-refractivity contribution is 7.87. The van der Waals surface area contributed by atoms with Crippen LogP contribution in [-0.4, -0.2) is 38.9 Å². The molecule has 0 aliphatic heterocycles. The Morgan fingerprint density at radius 1 is 1.31 bits per heavy atom. The molecule has 3 N–H and O–H groups in total. The lowest BCUT2D eigenvalue weighted by Gasteiger charge is -2.22. The maximum atomic E-state index is 11.8. The average molecular weight is 251 g/mol. The van der Waals surface area contributed by atoms with E-state index < -0.39 is 10.2 Å². The molecule has 0 bridgehead atoms. The van der Waals surface area contributed by atoms with Crippen molar-refractivity contribution >= 4 is 10.2 Å². The van der Waals surface area contributed by atoms with Crippen molar-refractivity contribution in [2.24, 2.45) is 5.73 Å². The van der Waals surface area contributed by atoms with Crippen LogP contribution >= 0.6 is 0 Å². The van der Waals surface area contributed by atoms with Gasteiger partial charge in [-0.3, -0.25) is 0 Å². The molecule has 5 nitrogen and oxygen atoms in total. The molecule has 0 spiro atoms. The number of rotatable bonds is 9. The van der Waals surface area contributed by atoms with Gasteiger partial charge in [0.25, 0.3) is 10.2 Å². The molecule has 0 aromatic carbocycles. The van der Waals surface area contributed by atoms with Gasteiger partial charge < -0.3 is 5.73 Å². The van der Waals surface area contributed by atoms with Gasteiger partial charge >= 0.3 is 0 Å². The van der Waals surface area contributed by atoms with Crippen molar-refractivity contribution in [3.63, 3.8) is 0 Å². The molecule has 0 aliphatic carbocycles. The smallest absolute Gasteiger partial charge is 0.279 e. The van der Waals surface area contributed by atoms with Gasteiger partial charge in [-0.05, 0) is 12.8 Å². The van der Waals surface area contributed by atoms with E-state index in [9.17, 15) is 8.42 Å². The van der Waals surface area contributed by atoms with E-state index >= 15 is 0 Å². The van der Waals surface area contributed by atoms with Crippen LogP contribution in [0.3, 0.4) is 0 Å². The lowest BCUT2D eigenvalue weighted by Crippen LogP contribution is -2.46. The van der Waals surface area contributed by atoms with Crippen LogP contribution in [0.2, 0.25) is 0 Å². The van der Waals surface area contributed by atoms with E-state index in [1.165, 1.54) is 4.31 Å². The van der Waals surface area contributed by atoms with Crippen molar-refractivity contribution in [3.8, 4) is 0 Å². The van der Waals surface area contributed by atoms with Crippen LogP contribution in [0, 0.1) is 0 Å². The molecule has 0 aromatic heterocycles. The second-order valence-corrected chi connectivity index (χ2v) is 5.83. The normalized spacial score (nSPS) is 14.3. The van der Waals surface area contributed by atoms with Gasteiger partial charge in [0, 0.05) is 26.2 Å². The molecule has 0 radical (unpaired) electrons. The third-order valence-electron chi connectivity index (χ3n) is 2.46. The summed E-state index contributed by atoms with van der Waals surface area (Å²) >= 11 is 0.